The van der Waals surface area contributed by atoms with Gasteiger partial charge >= 0.3 is 0 Å². The van der Waals surface area contributed by atoms with E-state index < -0.39 is 0 Å². The average molecular weight is 444 g/mol. The van der Waals surface area contributed by atoms with Crippen LogP contribution in [-0.2, 0) is 11.2 Å². The number of aromatic nitrogens is 3. The maximum absolute atomic E-state index is 13.4. The minimum absolute atomic E-state index is 0.118. The number of halogens is 2. The largest absolute Gasteiger partial charge is 0.299 e. The lowest BCUT2D eigenvalue weighted by Crippen LogP contribution is -2.11. The van der Waals surface area contributed by atoms with Crippen LogP contribution in [0.5, 0.6) is 0 Å². The van der Waals surface area contributed by atoms with Gasteiger partial charge in [0, 0.05) is 22.4 Å². The summed E-state index contributed by atoms with van der Waals surface area (Å²) in [6.07, 6.45) is 4.77. The molecule has 3 nitrogen and oxygen atoms in total. The Labute approximate surface area is 187 Å². The lowest BCUT2D eigenvalue weighted by molar-refractivity contribution is 0.485. The Balaban J connectivity index is 1.64. The predicted molar refractivity (Wildman–Crippen MR) is 123 cm³/mol. The van der Waals surface area contributed by atoms with Crippen molar-refractivity contribution in [3.8, 4) is 11.4 Å². The summed E-state index contributed by atoms with van der Waals surface area (Å²) < 4.78 is 15.7. The summed E-state index contributed by atoms with van der Waals surface area (Å²) >= 11 is 7.83. The molecule has 0 amide bonds. The standard InChI is InChI=1S/C24H27ClFN3S/c1-24(2,3)18-11-8-16(9-12-18)22-27-28-23(29(22)20-6-4-5-7-20)30-15-17-10-13-19(26)14-21(17)25/h8-14,20H,4-7,15H2,1-3H3. The Hall–Kier alpha value is -1.85. The summed E-state index contributed by atoms with van der Waals surface area (Å²) in [5.41, 5.74) is 3.42. The molecule has 30 heavy (non-hydrogen) atoms. The summed E-state index contributed by atoms with van der Waals surface area (Å²) in [6, 6.07) is 13.7. The van der Waals surface area contributed by atoms with E-state index >= 15 is 0 Å². The maximum atomic E-state index is 13.4. The SMILES string of the molecule is CC(C)(C)c1ccc(-c2nnc(SCc3ccc(F)cc3Cl)n2C2CCCC2)cc1. The third-order valence-electron chi connectivity index (χ3n) is 5.74. The molecule has 1 saturated carbocycles. The maximum Gasteiger partial charge on any atom is 0.192 e. The van der Waals surface area contributed by atoms with Gasteiger partial charge in [0.1, 0.15) is 5.82 Å². The highest BCUT2D eigenvalue weighted by Gasteiger charge is 2.25. The van der Waals surface area contributed by atoms with Crippen LogP contribution in [0.1, 0.15) is 63.6 Å². The van der Waals surface area contributed by atoms with Gasteiger partial charge in [0.15, 0.2) is 11.0 Å². The van der Waals surface area contributed by atoms with E-state index in [0.717, 1.165) is 34.9 Å². The zero-order valence-electron chi connectivity index (χ0n) is 17.7. The second-order valence-electron chi connectivity index (χ2n) is 8.97. The van der Waals surface area contributed by atoms with Crippen LogP contribution < -0.4 is 0 Å². The second kappa shape index (κ2) is 8.72. The lowest BCUT2D eigenvalue weighted by atomic mass is 9.86. The van der Waals surface area contributed by atoms with Crippen LogP contribution >= 0.6 is 23.4 Å². The van der Waals surface area contributed by atoms with E-state index in [1.807, 2.05) is 0 Å². The molecule has 1 aliphatic rings. The first-order valence-corrected chi connectivity index (χ1v) is 11.8. The van der Waals surface area contributed by atoms with E-state index in [4.69, 9.17) is 11.6 Å². The molecule has 0 N–H and O–H groups in total. The van der Waals surface area contributed by atoms with Crippen molar-refractivity contribution in [3.05, 3.63) is 64.4 Å². The van der Waals surface area contributed by atoms with E-state index in [2.05, 4.69) is 59.8 Å². The highest BCUT2D eigenvalue weighted by molar-refractivity contribution is 7.98. The summed E-state index contributed by atoms with van der Waals surface area (Å²) in [4.78, 5) is 0. The third kappa shape index (κ3) is 4.57. The topological polar surface area (TPSA) is 30.7 Å². The average Bonchev–Trinajstić information content (AvgIpc) is 3.36. The molecule has 0 bridgehead atoms. The van der Waals surface area contributed by atoms with E-state index in [-0.39, 0.29) is 11.2 Å². The Kier molecular flexibility index (Phi) is 6.21. The van der Waals surface area contributed by atoms with E-state index in [1.165, 1.54) is 30.5 Å². The Morgan fingerprint density at radius 1 is 1.07 bits per heavy atom. The molecular weight excluding hydrogens is 417 g/mol. The van der Waals surface area contributed by atoms with Crippen LogP contribution in [0.4, 0.5) is 4.39 Å². The summed E-state index contributed by atoms with van der Waals surface area (Å²) in [5, 5.41) is 10.5. The molecule has 0 atom stereocenters. The van der Waals surface area contributed by atoms with Crippen molar-refractivity contribution < 1.29 is 4.39 Å². The van der Waals surface area contributed by atoms with Crippen molar-refractivity contribution in [1.29, 1.82) is 0 Å². The van der Waals surface area contributed by atoms with Crippen LogP contribution in [-0.4, -0.2) is 14.8 Å². The van der Waals surface area contributed by atoms with Gasteiger partial charge in [-0.05, 0) is 41.5 Å². The number of nitrogens with zero attached hydrogens (tertiary/aromatic N) is 3. The highest BCUT2D eigenvalue weighted by atomic mass is 35.5. The van der Waals surface area contributed by atoms with E-state index in [0.29, 0.717) is 16.8 Å². The zero-order chi connectivity index (χ0) is 21.3. The van der Waals surface area contributed by atoms with Crippen LogP contribution in [0.2, 0.25) is 5.02 Å². The minimum atomic E-state index is -0.316. The molecular formula is C24H27ClFN3S. The van der Waals surface area contributed by atoms with Crippen LogP contribution in [0, 0.1) is 5.82 Å². The predicted octanol–water partition coefficient (Wildman–Crippen LogP) is 7.44. The number of thioether (sulfide) groups is 1. The Morgan fingerprint density at radius 3 is 2.40 bits per heavy atom. The first-order chi connectivity index (χ1) is 14.3. The van der Waals surface area contributed by atoms with Gasteiger partial charge in [-0.1, -0.05) is 87.3 Å². The molecule has 6 heteroatoms. The minimum Gasteiger partial charge on any atom is -0.299 e. The summed E-state index contributed by atoms with van der Waals surface area (Å²) in [7, 11) is 0. The van der Waals surface area contributed by atoms with Gasteiger partial charge in [0.25, 0.3) is 0 Å². The number of hydrogen-bond donors (Lipinski definition) is 0. The molecule has 1 aromatic heterocycles. The molecule has 0 spiro atoms. The van der Waals surface area contributed by atoms with Crippen LogP contribution in [0.25, 0.3) is 11.4 Å². The van der Waals surface area contributed by atoms with Gasteiger partial charge in [0.2, 0.25) is 0 Å². The van der Waals surface area contributed by atoms with Gasteiger partial charge in [-0.3, -0.25) is 4.57 Å². The number of rotatable bonds is 5. The number of benzene rings is 2. The first kappa shape index (κ1) is 21.4. The van der Waals surface area contributed by atoms with Crippen molar-refractivity contribution in [2.75, 3.05) is 0 Å². The smallest absolute Gasteiger partial charge is 0.192 e. The Bertz CT molecular complexity index is 1020. The van der Waals surface area contributed by atoms with Gasteiger partial charge in [-0.15, -0.1) is 10.2 Å². The summed E-state index contributed by atoms with van der Waals surface area (Å²) in [5.74, 6) is 1.24. The van der Waals surface area contributed by atoms with Gasteiger partial charge < -0.3 is 0 Å². The quantitative estimate of drug-likeness (QED) is 0.384. The molecule has 4 rings (SSSR count). The van der Waals surface area contributed by atoms with Crippen LogP contribution in [0.15, 0.2) is 47.6 Å². The van der Waals surface area contributed by atoms with E-state index in [1.54, 1.807) is 17.8 Å². The molecule has 3 aromatic rings. The van der Waals surface area contributed by atoms with Crippen molar-refractivity contribution >= 4 is 23.4 Å². The fourth-order valence-corrected chi connectivity index (χ4v) is 5.29. The number of hydrogen-bond acceptors (Lipinski definition) is 3. The molecule has 1 heterocycles. The van der Waals surface area contributed by atoms with E-state index in [9.17, 15) is 4.39 Å². The van der Waals surface area contributed by atoms with Gasteiger partial charge in [-0.25, -0.2) is 4.39 Å². The van der Waals surface area contributed by atoms with Crippen molar-refractivity contribution in [2.45, 2.75) is 68.8 Å². The molecule has 0 saturated heterocycles. The molecule has 1 aliphatic carbocycles. The van der Waals surface area contributed by atoms with Gasteiger partial charge in [0.05, 0.1) is 0 Å². The molecule has 1 fully saturated rings. The lowest BCUT2D eigenvalue weighted by Gasteiger charge is -2.20. The van der Waals surface area contributed by atoms with Crippen molar-refractivity contribution in [1.82, 2.24) is 14.8 Å². The molecule has 0 unspecified atom stereocenters. The molecule has 2 aromatic carbocycles. The van der Waals surface area contributed by atoms with Gasteiger partial charge in [-0.2, -0.15) is 0 Å². The van der Waals surface area contributed by atoms with Crippen molar-refractivity contribution in [2.24, 2.45) is 0 Å². The van der Waals surface area contributed by atoms with Crippen molar-refractivity contribution in [3.63, 3.8) is 0 Å². The highest BCUT2D eigenvalue weighted by Crippen LogP contribution is 2.38. The normalized spacial score (nSPS) is 15.1. The summed E-state index contributed by atoms with van der Waals surface area (Å²) in [6.45, 7) is 6.66. The zero-order valence-corrected chi connectivity index (χ0v) is 19.2. The fourth-order valence-electron chi connectivity index (χ4n) is 3.96. The first-order valence-electron chi connectivity index (χ1n) is 10.5. The molecule has 158 valence electrons. The Morgan fingerprint density at radius 2 is 1.77 bits per heavy atom. The fraction of sp³-hybridized carbons (Fsp3) is 0.417. The van der Waals surface area contributed by atoms with Crippen LogP contribution in [0.3, 0.4) is 0 Å². The third-order valence-corrected chi connectivity index (χ3v) is 7.08. The molecule has 0 radical (unpaired) electrons. The monoisotopic (exact) mass is 443 g/mol. The molecule has 0 aliphatic heterocycles. The second-order valence-corrected chi connectivity index (χ2v) is 10.3.